The van der Waals surface area contributed by atoms with Gasteiger partial charge in [-0.1, -0.05) is 133 Å². The van der Waals surface area contributed by atoms with E-state index in [0.717, 1.165) is 19.3 Å². The van der Waals surface area contributed by atoms with Crippen LogP contribution in [0.3, 0.4) is 0 Å². The standard InChI is InChI=1S/C50H36N2S/c1-2-12-38-33-50(32-37(38)11-1)43-30-35(23-27-41(43)42-28-26-40(31-44(42)50)51-29-9-13-36-10-3-4-14-45(36)51)20-19-34-21-24-39(25-22-34)52-46-15-5-7-17-48(46)53-49-18-8-6-16-47(49)52/h1-12,14-31H,13,32-33H2/b20-19+. The molecule has 2 nitrogen and oxygen atoms in total. The Balaban J connectivity index is 0.941. The van der Waals surface area contributed by atoms with Crippen molar-refractivity contribution in [2.75, 3.05) is 9.80 Å². The number of para-hydroxylation sites is 3. The van der Waals surface area contributed by atoms with E-state index in [0.29, 0.717) is 0 Å². The number of hydrogen-bond donors (Lipinski definition) is 0. The molecule has 0 N–H and O–H groups in total. The molecule has 2 aliphatic heterocycles. The predicted molar refractivity (Wildman–Crippen MR) is 222 cm³/mol. The molecule has 53 heavy (non-hydrogen) atoms. The van der Waals surface area contributed by atoms with Crippen molar-refractivity contribution in [2.24, 2.45) is 0 Å². The zero-order valence-electron chi connectivity index (χ0n) is 29.2. The Kier molecular flexibility index (Phi) is 6.93. The molecular weight excluding hydrogens is 661 g/mol. The van der Waals surface area contributed by atoms with Crippen molar-refractivity contribution in [1.82, 2.24) is 0 Å². The Hall–Kier alpha value is -6.03. The summed E-state index contributed by atoms with van der Waals surface area (Å²) in [5, 5.41) is 0. The summed E-state index contributed by atoms with van der Waals surface area (Å²) < 4.78 is 0. The second-order valence-corrected chi connectivity index (χ2v) is 15.7. The van der Waals surface area contributed by atoms with E-state index in [1.54, 1.807) is 0 Å². The lowest BCUT2D eigenvalue weighted by Crippen LogP contribution is -2.26. The van der Waals surface area contributed by atoms with Gasteiger partial charge in [0, 0.05) is 38.5 Å². The second-order valence-electron chi connectivity index (χ2n) is 14.6. The molecule has 0 saturated carbocycles. The number of benzene rings is 7. The van der Waals surface area contributed by atoms with Gasteiger partial charge in [0.25, 0.3) is 0 Å². The quantitative estimate of drug-likeness (QED) is 0.169. The van der Waals surface area contributed by atoms with Gasteiger partial charge in [0.15, 0.2) is 0 Å². The Bertz CT molecular complexity index is 2580. The van der Waals surface area contributed by atoms with Gasteiger partial charge in [0.1, 0.15) is 0 Å². The molecule has 0 atom stereocenters. The van der Waals surface area contributed by atoms with E-state index in [2.05, 4.69) is 192 Å². The number of rotatable bonds is 4. The highest BCUT2D eigenvalue weighted by Gasteiger charge is 2.47. The van der Waals surface area contributed by atoms with E-state index < -0.39 is 0 Å². The molecule has 1 spiro atoms. The zero-order valence-corrected chi connectivity index (χ0v) is 30.1. The monoisotopic (exact) mass is 696 g/mol. The van der Waals surface area contributed by atoms with E-state index in [4.69, 9.17) is 0 Å². The maximum Gasteiger partial charge on any atom is 0.0601 e. The maximum absolute atomic E-state index is 2.49. The summed E-state index contributed by atoms with van der Waals surface area (Å²) in [5.74, 6) is 0. The van der Waals surface area contributed by atoms with Gasteiger partial charge in [-0.15, -0.1) is 0 Å². The molecule has 11 rings (SSSR count). The summed E-state index contributed by atoms with van der Waals surface area (Å²) in [6.07, 6.45) is 12.1. The predicted octanol–water partition coefficient (Wildman–Crippen LogP) is 13.1. The van der Waals surface area contributed by atoms with Crippen LogP contribution < -0.4 is 9.80 Å². The van der Waals surface area contributed by atoms with Crippen LogP contribution in [-0.2, 0) is 24.7 Å². The molecule has 0 amide bonds. The summed E-state index contributed by atoms with van der Waals surface area (Å²) in [5.41, 5.74) is 18.4. The molecule has 0 fully saturated rings. The fraction of sp³-hybridized carbons (Fsp3) is 0.0800. The van der Waals surface area contributed by atoms with Crippen molar-refractivity contribution in [1.29, 1.82) is 0 Å². The summed E-state index contributed by atoms with van der Waals surface area (Å²) >= 11 is 1.84. The summed E-state index contributed by atoms with van der Waals surface area (Å²) in [4.78, 5) is 7.32. The highest BCUT2D eigenvalue weighted by atomic mass is 32.2. The molecule has 4 aliphatic rings. The summed E-state index contributed by atoms with van der Waals surface area (Å²) in [7, 11) is 0. The minimum Gasteiger partial charge on any atom is -0.317 e. The first kappa shape index (κ1) is 30.6. The molecule has 0 bridgehead atoms. The van der Waals surface area contributed by atoms with Gasteiger partial charge >= 0.3 is 0 Å². The van der Waals surface area contributed by atoms with Gasteiger partial charge in [-0.25, -0.2) is 0 Å². The number of allylic oxidation sites excluding steroid dienone is 1. The van der Waals surface area contributed by atoms with Gasteiger partial charge < -0.3 is 9.80 Å². The van der Waals surface area contributed by atoms with Crippen LogP contribution in [0.15, 0.2) is 180 Å². The van der Waals surface area contributed by atoms with E-state index in [1.807, 2.05) is 11.8 Å². The molecule has 252 valence electrons. The molecule has 2 aliphatic carbocycles. The van der Waals surface area contributed by atoms with E-state index in [-0.39, 0.29) is 5.41 Å². The SMILES string of the molecule is C1=CN(c2ccc3c(c2)C2(Cc4ccccc4C2)c2cc(/C=C/c4ccc(N5c6ccccc6Sc6ccccc65)cc4)ccc2-3)c2ccccc2C1. The highest BCUT2D eigenvalue weighted by molar-refractivity contribution is 7.99. The summed E-state index contributed by atoms with van der Waals surface area (Å²) in [6, 6.07) is 58.6. The van der Waals surface area contributed by atoms with Gasteiger partial charge in [0.2, 0.25) is 0 Å². The molecule has 0 radical (unpaired) electrons. The van der Waals surface area contributed by atoms with Crippen molar-refractivity contribution >= 4 is 52.4 Å². The largest absolute Gasteiger partial charge is 0.317 e. The maximum atomic E-state index is 2.49. The third kappa shape index (κ3) is 4.88. The van der Waals surface area contributed by atoms with Gasteiger partial charge in [0.05, 0.1) is 11.4 Å². The average Bonchev–Trinajstić information content (AvgIpc) is 3.74. The second kappa shape index (κ2) is 12.0. The topological polar surface area (TPSA) is 6.48 Å². The van der Waals surface area contributed by atoms with Crippen LogP contribution in [0.25, 0.3) is 23.3 Å². The van der Waals surface area contributed by atoms with Crippen LogP contribution in [0.5, 0.6) is 0 Å². The van der Waals surface area contributed by atoms with Crippen molar-refractivity contribution in [3.63, 3.8) is 0 Å². The van der Waals surface area contributed by atoms with Crippen molar-refractivity contribution in [2.45, 2.75) is 34.5 Å². The lowest BCUT2D eigenvalue weighted by molar-refractivity contribution is 0.563. The molecule has 0 saturated heterocycles. The van der Waals surface area contributed by atoms with Gasteiger partial charge in [-0.2, -0.15) is 0 Å². The van der Waals surface area contributed by atoms with Gasteiger partial charge in [-0.05, 0) is 124 Å². The zero-order chi connectivity index (χ0) is 34.9. The fourth-order valence-corrected chi connectivity index (χ4v) is 10.2. The molecule has 2 heterocycles. The Morgan fingerprint density at radius 2 is 1.04 bits per heavy atom. The van der Waals surface area contributed by atoms with Crippen LogP contribution in [0.2, 0.25) is 0 Å². The minimum absolute atomic E-state index is 0.0891. The van der Waals surface area contributed by atoms with Crippen LogP contribution >= 0.6 is 11.8 Å². The van der Waals surface area contributed by atoms with Crippen LogP contribution in [0, 0.1) is 0 Å². The Morgan fingerprint density at radius 3 is 1.75 bits per heavy atom. The van der Waals surface area contributed by atoms with E-state index >= 15 is 0 Å². The van der Waals surface area contributed by atoms with Crippen molar-refractivity contribution in [3.8, 4) is 11.1 Å². The third-order valence-corrected chi connectivity index (χ3v) is 12.8. The van der Waals surface area contributed by atoms with Crippen LogP contribution in [0.4, 0.5) is 28.4 Å². The van der Waals surface area contributed by atoms with Crippen LogP contribution in [0.1, 0.15) is 38.9 Å². The first-order valence-electron chi connectivity index (χ1n) is 18.6. The smallest absolute Gasteiger partial charge is 0.0601 e. The van der Waals surface area contributed by atoms with Crippen LogP contribution in [-0.4, -0.2) is 0 Å². The highest BCUT2D eigenvalue weighted by Crippen LogP contribution is 2.57. The van der Waals surface area contributed by atoms with E-state index in [1.165, 1.54) is 88.3 Å². The molecule has 0 aromatic heterocycles. The number of fused-ring (bicyclic) bond motifs is 9. The Morgan fingerprint density at radius 1 is 0.491 bits per heavy atom. The number of nitrogens with zero attached hydrogens (tertiary/aromatic N) is 2. The Labute approximate surface area is 315 Å². The number of hydrogen-bond acceptors (Lipinski definition) is 3. The van der Waals surface area contributed by atoms with Crippen molar-refractivity contribution < 1.29 is 0 Å². The van der Waals surface area contributed by atoms with Crippen molar-refractivity contribution in [3.05, 3.63) is 209 Å². The molecule has 0 unspecified atom stereocenters. The molecule has 7 aromatic rings. The first-order valence-corrected chi connectivity index (χ1v) is 19.4. The third-order valence-electron chi connectivity index (χ3n) is 11.6. The lowest BCUT2D eigenvalue weighted by atomic mass is 9.75. The normalized spacial score (nSPS) is 15.5. The lowest BCUT2D eigenvalue weighted by Gasteiger charge is -2.32. The molecule has 3 heteroatoms. The summed E-state index contributed by atoms with van der Waals surface area (Å²) in [6.45, 7) is 0. The molecule has 7 aromatic carbocycles. The van der Waals surface area contributed by atoms with Gasteiger partial charge in [-0.3, -0.25) is 0 Å². The fourth-order valence-electron chi connectivity index (χ4n) is 9.17. The average molecular weight is 697 g/mol. The molecular formula is C50H36N2S. The van der Waals surface area contributed by atoms with E-state index in [9.17, 15) is 0 Å². The first-order chi connectivity index (χ1) is 26.2. The number of anilines is 5. The minimum atomic E-state index is -0.0891.